The Morgan fingerprint density at radius 2 is 1.90 bits per heavy atom. The predicted molar refractivity (Wildman–Crippen MR) is 137 cm³/mol. The highest BCUT2D eigenvalue weighted by Crippen LogP contribution is 2.63. The molecule has 3 aliphatic carbocycles. The van der Waals surface area contributed by atoms with Crippen molar-refractivity contribution in [1.82, 2.24) is 15.1 Å². The first-order chi connectivity index (χ1) is 18.2. The van der Waals surface area contributed by atoms with Crippen molar-refractivity contribution in [2.75, 3.05) is 27.2 Å². The van der Waals surface area contributed by atoms with Gasteiger partial charge in [0.1, 0.15) is 5.75 Å². The van der Waals surface area contributed by atoms with E-state index in [-0.39, 0.29) is 24.2 Å². The van der Waals surface area contributed by atoms with Crippen LogP contribution in [0.1, 0.15) is 41.3 Å². The van der Waals surface area contributed by atoms with Gasteiger partial charge < -0.3 is 21.3 Å². The molecule has 6 rings (SSSR count). The van der Waals surface area contributed by atoms with Gasteiger partial charge in [0, 0.05) is 23.0 Å². The number of carbonyl (C=O) groups excluding carboxylic acids is 5. The number of aliphatic hydroxyl groups is 1. The number of ketones is 4. The van der Waals surface area contributed by atoms with E-state index in [2.05, 4.69) is 10.2 Å². The van der Waals surface area contributed by atoms with E-state index in [0.717, 1.165) is 19.5 Å². The van der Waals surface area contributed by atoms with E-state index in [4.69, 9.17) is 17.3 Å². The molecule has 2 saturated heterocycles. The van der Waals surface area contributed by atoms with Crippen LogP contribution >= 0.6 is 11.6 Å². The summed E-state index contributed by atoms with van der Waals surface area (Å²) >= 11 is 6.87. The van der Waals surface area contributed by atoms with Crippen molar-refractivity contribution in [3.05, 3.63) is 27.8 Å². The normalized spacial score (nSPS) is 39.3. The molecule has 12 heteroatoms. The number of Topliss-reactive ketones (excluding diaryl/α,β-unsaturated/α-hetero) is 4. The van der Waals surface area contributed by atoms with Gasteiger partial charge in [0.15, 0.2) is 29.1 Å². The molecule has 208 valence electrons. The molecular weight excluding hydrogens is 528 g/mol. The van der Waals surface area contributed by atoms with Crippen molar-refractivity contribution < 1.29 is 34.2 Å². The van der Waals surface area contributed by atoms with E-state index >= 15 is 0 Å². The fourth-order valence-electron chi connectivity index (χ4n) is 8.21. The van der Waals surface area contributed by atoms with E-state index in [9.17, 15) is 34.2 Å². The summed E-state index contributed by atoms with van der Waals surface area (Å²) in [5.74, 6) is -9.08. The molecule has 7 atom stereocenters. The summed E-state index contributed by atoms with van der Waals surface area (Å²) in [6.07, 6.45) is 1.09. The molecule has 1 aromatic rings. The maximum atomic E-state index is 14.3. The molecule has 39 heavy (non-hydrogen) atoms. The van der Waals surface area contributed by atoms with Gasteiger partial charge in [-0.1, -0.05) is 11.6 Å². The summed E-state index contributed by atoms with van der Waals surface area (Å²) in [4.78, 5) is 71.6. The standard InChI is InChI=1S/C27H31ClN4O7/c1-11-25-8-13-15(14(33)7-12(18(13)28)9-32-5-4-6-32)19(34)17(25)23(37)27(39)22(36)16(24(29)38)20(35)21(31(2)3)26(27,10-25)30-11/h7,11,16-17,21,30,33,39H,4-6,8-10H2,1-3H3,(H2,29,38). The molecule has 2 heterocycles. The Balaban J connectivity index is 1.56. The number of nitrogens with two attached hydrogens (primary N) is 1. The molecule has 4 fully saturated rings. The van der Waals surface area contributed by atoms with Crippen LogP contribution in [0.5, 0.6) is 5.75 Å². The van der Waals surface area contributed by atoms with Crippen LogP contribution in [0.15, 0.2) is 6.07 Å². The van der Waals surface area contributed by atoms with Crippen molar-refractivity contribution >= 4 is 40.6 Å². The Hall–Kier alpha value is -2.70. The van der Waals surface area contributed by atoms with Crippen LogP contribution in [0.4, 0.5) is 0 Å². The Bertz CT molecular complexity index is 1390. The van der Waals surface area contributed by atoms with E-state index in [0.29, 0.717) is 22.7 Å². The highest BCUT2D eigenvalue weighted by molar-refractivity contribution is 6.35. The van der Waals surface area contributed by atoms with Gasteiger partial charge in [-0.3, -0.25) is 33.8 Å². The monoisotopic (exact) mass is 558 g/mol. The number of carbonyl (C=O) groups is 5. The number of likely N-dealkylation sites (tertiary alicyclic amines) is 1. The molecule has 11 nitrogen and oxygen atoms in total. The first-order valence-corrected chi connectivity index (χ1v) is 13.5. The smallest absolute Gasteiger partial charge is 0.235 e. The molecule has 1 aromatic carbocycles. The van der Waals surface area contributed by atoms with Crippen molar-refractivity contribution in [3.63, 3.8) is 0 Å². The average Bonchev–Trinajstić information content (AvgIpc) is 3.06. The third kappa shape index (κ3) is 3.00. The number of halogens is 1. The first-order valence-electron chi connectivity index (χ1n) is 13.1. The Kier molecular flexibility index (Phi) is 5.55. The van der Waals surface area contributed by atoms with Gasteiger partial charge in [0.2, 0.25) is 11.5 Å². The Morgan fingerprint density at radius 3 is 2.46 bits per heavy atom. The number of benzene rings is 1. The van der Waals surface area contributed by atoms with E-state index < -0.39 is 69.5 Å². The van der Waals surface area contributed by atoms with Gasteiger partial charge in [-0.2, -0.15) is 0 Å². The second-order valence-electron chi connectivity index (χ2n) is 12.1. The molecule has 5 N–H and O–H groups in total. The number of hydrogen-bond acceptors (Lipinski definition) is 10. The molecule has 2 bridgehead atoms. The van der Waals surface area contributed by atoms with Gasteiger partial charge in [-0.15, -0.1) is 0 Å². The lowest BCUT2D eigenvalue weighted by Gasteiger charge is -2.58. The van der Waals surface area contributed by atoms with E-state index in [1.54, 1.807) is 21.0 Å². The summed E-state index contributed by atoms with van der Waals surface area (Å²) in [5.41, 5.74) is 0.587. The van der Waals surface area contributed by atoms with Crippen LogP contribution in [-0.2, 0) is 32.1 Å². The highest BCUT2D eigenvalue weighted by Gasteiger charge is 2.83. The lowest BCUT2D eigenvalue weighted by molar-refractivity contribution is -0.185. The first kappa shape index (κ1) is 26.5. The second-order valence-corrected chi connectivity index (χ2v) is 12.5. The van der Waals surface area contributed by atoms with Crippen LogP contribution < -0.4 is 11.1 Å². The van der Waals surface area contributed by atoms with Crippen molar-refractivity contribution in [1.29, 1.82) is 0 Å². The maximum Gasteiger partial charge on any atom is 0.235 e. The maximum absolute atomic E-state index is 14.3. The number of aromatic hydroxyl groups is 1. The van der Waals surface area contributed by atoms with Gasteiger partial charge in [0.25, 0.3) is 0 Å². The van der Waals surface area contributed by atoms with Crippen LogP contribution in [0, 0.1) is 17.3 Å². The molecule has 7 unspecified atom stereocenters. The number of fused-ring (bicyclic) bond motifs is 1. The van der Waals surface area contributed by atoms with Gasteiger partial charge in [-0.05, 0) is 70.6 Å². The zero-order chi connectivity index (χ0) is 28.4. The van der Waals surface area contributed by atoms with Crippen molar-refractivity contribution in [2.45, 2.75) is 56.0 Å². The molecule has 0 aromatic heterocycles. The number of hydrogen-bond donors (Lipinski definition) is 4. The molecule has 2 spiro atoms. The lowest BCUT2D eigenvalue weighted by Crippen LogP contribution is -2.84. The Labute approximate surface area is 229 Å². The van der Waals surface area contributed by atoms with E-state index in [1.165, 1.54) is 11.0 Å². The second kappa shape index (κ2) is 8.17. The van der Waals surface area contributed by atoms with E-state index in [1.807, 2.05) is 0 Å². The lowest BCUT2D eigenvalue weighted by atomic mass is 9.45. The molecule has 0 radical (unpaired) electrons. The number of rotatable bonds is 4. The summed E-state index contributed by atoms with van der Waals surface area (Å²) in [6.45, 7) is 4.05. The quantitative estimate of drug-likeness (QED) is 0.343. The third-order valence-electron chi connectivity index (χ3n) is 10.00. The highest BCUT2D eigenvalue weighted by atomic mass is 35.5. The SMILES string of the molecule is CC1NC23CC14Cc1c(Cl)c(CN5CCC5)cc(O)c1C(=O)C4C(=O)C2(O)C(=O)C(C(N)=O)C(=O)C3N(C)C. The van der Waals surface area contributed by atoms with Crippen LogP contribution in [0.2, 0.25) is 5.02 Å². The molecule has 1 amide bonds. The van der Waals surface area contributed by atoms with Gasteiger partial charge in [0.05, 0.1) is 23.1 Å². The number of primary amides is 1. The summed E-state index contributed by atoms with van der Waals surface area (Å²) in [5, 5.41) is 26.6. The largest absolute Gasteiger partial charge is 0.507 e. The third-order valence-corrected chi connectivity index (χ3v) is 10.5. The van der Waals surface area contributed by atoms with Gasteiger partial charge >= 0.3 is 0 Å². The molecule has 2 aliphatic heterocycles. The minimum Gasteiger partial charge on any atom is -0.507 e. The zero-order valence-corrected chi connectivity index (χ0v) is 22.7. The summed E-state index contributed by atoms with van der Waals surface area (Å²) < 4.78 is 0. The number of nitrogens with zero attached hydrogens (tertiary/aromatic N) is 2. The fraction of sp³-hybridized carbons (Fsp3) is 0.593. The minimum absolute atomic E-state index is 0.0848. The fourth-order valence-corrected chi connectivity index (χ4v) is 8.49. The topological polar surface area (TPSA) is 170 Å². The predicted octanol–water partition coefficient (Wildman–Crippen LogP) is -0.789. The molecular formula is C27H31ClN4O7. The van der Waals surface area contributed by atoms with Crippen molar-refractivity contribution in [3.8, 4) is 5.75 Å². The van der Waals surface area contributed by atoms with Crippen LogP contribution in [-0.4, -0.2) is 99.5 Å². The molecule has 5 aliphatic rings. The number of nitrogens with one attached hydrogen (secondary N) is 1. The zero-order valence-electron chi connectivity index (χ0n) is 21.9. The van der Waals surface area contributed by atoms with Crippen LogP contribution in [0.3, 0.4) is 0 Å². The summed E-state index contributed by atoms with van der Waals surface area (Å²) in [7, 11) is 3.11. The van der Waals surface area contributed by atoms with Gasteiger partial charge in [-0.25, -0.2) is 0 Å². The minimum atomic E-state index is -2.88. The number of phenolic OH excluding ortho intramolecular Hbond substituents is 1. The molecule has 2 saturated carbocycles. The average molecular weight is 559 g/mol. The number of likely N-dealkylation sites (N-methyl/N-ethyl adjacent to an activating group) is 1. The van der Waals surface area contributed by atoms with Crippen molar-refractivity contribution in [2.24, 2.45) is 23.0 Å². The number of phenols is 1. The summed E-state index contributed by atoms with van der Waals surface area (Å²) in [6, 6.07) is -0.446. The number of amides is 1. The Morgan fingerprint density at radius 1 is 1.23 bits per heavy atom. The van der Waals surface area contributed by atoms with Crippen LogP contribution in [0.25, 0.3) is 0 Å².